The molecule has 0 saturated carbocycles. The molecule has 1 aliphatic heterocycles. The lowest BCUT2D eigenvalue weighted by Gasteiger charge is -2.34. The number of anilines is 1. The molecule has 0 spiro atoms. The van der Waals surface area contributed by atoms with E-state index in [-0.39, 0.29) is 16.3 Å². The number of nitro benzene ring substituents is 1. The molecule has 1 amide bonds. The number of thiazole rings is 1. The smallest absolute Gasteiger partial charge is 0.282 e. The van der Waals surface area contributed by atoms with Gasteiger partial charge in [0, 0.05) is 50.4 Å². The molecule has 8 nitrogen and oxygen atoms in total. The van der Waals surface area contributed by atoms with Crippen LogP contribution in [0.1, 0.15) is 15.9 Å². The molecule has 1 fully saturated rings. The van der Waals surface area contributed by atoms with Gasteiger partial charge in [-0.2, -0.15) is 0 Å². The van der Waals surface area contributed by atoms with Crippen LogP contribution >= 0.6 is 22.9 Å². The van der Waals surface area contributed by atoms with Gasteiger partial charge in [0.1, 0.15) is 5.56 Å². The van der Waals surface area contributed by atoms with Gasteiger partial charge in [0.2, 0.25) is 0 Å². The number of halogens is 1. The van der Waals surface area contributed by atoms with E-state index >= 15 is 0 Å². The monoisotopic (exact) mass is 459 g/mol. The Morgan fingerprint density at radius 1 is 1.26 bits per heavy atom. The van der Waals surface area contributed by atoms with E-state index in [4.69, 9.17) is 16.6 Å². The number of hydrogen-bond acceptors (Lipinski definition) is 7. The molecular weight excluding hydrogens is 438 g/mol. The Bertz CT molecular complexity index is 1130. The molecule has 10 heteroatoms. The molecule has 1 aromatic heterocycles. The molecule has 2 aromatic carbocycles. The fourth-order valence-corrected chi connectivity index (χ4v) is 4.91. The van der Waals surface area contributed by atoms with Crippen LogP contribution in [0.3, 0.4) is 0 Å². The van der Waals surface area contributed by atoms with Gasteiger partial charge >= 0.3 is 0 Å². The summed E-state index contributed by atoms with van der Waals surface area (Å²) < 4.78 is 1.20. The third-order valence-electron chi connectivity index (χ3n) is 5.37. The van der Waals surface area contributed by atoms with Crippen molar-refractivity contribution in [3.8, 4) is 0 Å². The first-order valence-corrected chi connectivity index (χ1v) is 11.2. The summed E-state index contributed by atoms with van der Waals surface area (Å²) in [5.41, 5.74) is 1.99. The number of piperazine rings is 1. The summed E-state index contributed by atoms with van der Waals surface area (Å²) in [5, 5.41) is 15.3. The molecule has 0 aliphatic carbocycles. The number of hydrogen-bond donors (Lipinski definition) is 1. The van der Waals surface area contributed by atoms with Gasteiger partial charge in [-0.25, -0.2) is 4.98 Å². The van der Waals surface area contributed by atoms with Crippen molar-refractivity contribution in [3.63, 3.8) is 0 Å². The zero-order chi connectivity index (χ0) is 22.0. The summed E-state index contributed by atoms with van der Waals surface area (Å²) in [4.78, 5) is 32.4. The van der Waals surface area contributed by atoms with Crippen molar-refractivity contribution in [2.75, 3.05) is 44.2 Å². The molecule has 31 heavy (non-hydrogen) atoms. The highest BCUT2D eigenvalue weighted by Gasteiger charge is 2.22. The quantitative estimate of drug-likeness (QED) is 0.446. The highest BCUT2D eigenvalue weighted by Crippen LogP contribution is 2.31. The molecule has 0 atom stereocenters. The van der Waals surface area contributed by atoms with Crippen molar-refractivity contribution >= 4 is 49.9 Å². The lowest BCUT2D eigenvalue weighted by molar-refractivity contribution is -0.385. The molecule has 0 bridgehead atoms. The first-order valence-electron chi connectivity index (χ1n) is 9.98. The SMILES string of the molecule is Cc1cccc2sc(N3CCN(CCNC(=O)c4cc(Cl)ccc4[N+](=O)[O-])CC3)nc12. The molecule has 162 valence electrons. The maximum Gasteiger partial charge on any atom is 0.282 e. The Morgan fingerprint density at radius 2 is 2.03 bits per heavy atom. The van der Waals surface area contributed by atoms with E-state index in [0.29, 0.717) is 13.1 Å². The Kier molecular flexibility index (Phi) is 6.35. The van der Waals surface area contributed by atoms with Gasteiger partial charge in [0.15, 0.2) is 5.13 Å². The van der Waals surface area contributed by atoms with Crippen molar-refractivity contribution in [1.29, 1.82) is 0 Å². The number of fused-ring (bicyclic) bond motifs is 1. The van der Waals surface area contributed by atoms with Gasteiger partial charge in [-0.05, 0) is 30.7 Å². The Morgan fingerprint density at radius 3 is 2.74 bits per heavy atom. The molecule has 1 N–H and O–H groups in total. The second kappa shape index (κ2) is 9.17. The summed E-state index contributed by atoms with van der Waals surface area (Å²) in [7, 11) is 0. The Hall–Kier alpha value is -2.75. The van der Waals surface area contributed by atoms with Crippen LogP contribution in [0.4, 0.5) is 10.8 Å². The second-order valence-electron chi connectivity index (χ2n) is 7.42. The van der Waals surface area contributed by atoms with Gasteiger partial charge in [-0.3, -0.25) is 19.8 Å². The topological polar surface area (TPSA) is 91.6 Å². The molecular formula is C21H22ClN5O3S. The number of nitrogens with one attached hydrogen (secondary N) is 1. The lowest BCUT2D eigenvalue weighted by Crippen LogP contribution is -2.48. The molecule has 2 heterocycles. The third kappa shape index (κ3) is 4.79. The van der Waals surface area contributed by atoms with Crippen LogP contribution in [0.25, 0.3) is 10.2 Å². The number of para-hydroxylation sites is 1. The number of aryl methyl sites for hydroxylation is 1. The second-order valence-corrected chi connectivity index (χ2v) is 8.87. The molecule has 0 radical (unpaired) electrons. The number of rotatable bonds is 6. The predicted octanol–water partition coefficient (Wildman–Crippen LogP) is 3.72. The minimum Gasteiger partial charge on any atom is -0.351 e. The highest BCUT2D eigenvalue weighted by atomic mass is 35.5. The van der Waals surface area contributed by atoms with Crippen LogP contribution in [0.2, 0.25) is 5.02 Å². The standard InChI is InChI=1S/C21H22ClN5O3S/c1-14-3-2-4-18-19(14)24-21(31-18)26-11-9-25(10-12-26)8-7-23-20(28)16-13-15(22)5-6-17(16)27(29)30/h2-6,13H,7-12H2,1H3,(H,23,28). The number of nitro groups is 1. The number of nitrogens with zero attached hydrogens (tertiary/aromatic N) is 4. The first kappa shape index (κ1) is 21.5. The summed E-state index contributed by atoms with van der Waals surface area (Å²) in [6, 6.07) is 10.2. The van der Waals surface area contributed by atoms with Crippen molar-refractivity contribution in [2.45, 2.75) is 6.92 Å². The van der Waals surface area contributed by atoms with E-state index in [0.717, 1.165) is 36.8 Å². The number of carbonyl (C=O) groups is 1. The van der Waals surface area contributed by atoms with Crippen molar-refractivity contribution in [1.82, 2.24) is 15.2 Å². The summed E-state index contributed by atoms with van der Waals surface area (Å²) in [6.45, 7) is 6.62. The maximum atomic E-state index is 12.4. The summed E-state index contributed by atoms with van der Waals surface area (Å²) in [5.74, 6) is -0.488. The van der Waals surface area contributed by atoms with E-state index in [1.165, 1.54) is 28.5 Å². The number of aromatic nitrogens is 1. The van der Waals surface area contributed by atoms with Gasteiger partial charge in [0.25, 0.3) is 11.6 Å². The average molecular weight is 460 g/mol. The summed E-state index contributed by atoms with van der Waals surface area (Å²) in [6.07, 6.45) is 0. The largest absolute Gasteiger partial charge is 0.351 e. The van der Waals surface area contributed by atoms with Crippen LogP contribution in [-0.4, -0.2) is 60.0 Å². The average Bonchev–Trinajstić information content (AvgIpc) is 3.19. The van der Waals surface area contributed by atoms with E-state index < -0.39 is 10.8 Å². The van der Waals surface area contributed by atoms with E-state index in [2.05, 4.69) is 40.2 Å². The minimum atomic E-state index is -0.575. The van der Waals surface area contributed by atoms with Gasteiger partial charge in [-0.15, -0.1) is 0 Å². The predicted molar refractivity (Wildman–Crippen MR) is 123 cm³/mol. The molecule has 4 rings (SSSR count). The van der Waals surface area contributed by atoms with E-state index in [1.54, 1.807) is 11.3 Å². The molecule has 1 saturated heterocycles. The Balaban J connectivity index is 1.29. The van der Waals surface area contributed by atoms with Gasteiger partial charge in [0.05, 0.1) is 15.1 Å². The van der Waals surface area contributed by atoms with E-state index in [9.17, 15) is 14.9 Å². The van der Waals surface area contributed by atoms with Gasteiger partial charge < -0.3 is 10.2 Å². The lowest BCUT2D eigenvalue weighted by atomic mass is 10.1. The van der Waals surface area contributed by atoms with Crippen molar-refractivity contribution in [2.24, 2.45) is 0 Å². The fourth-order valence-electron chi connectivity index (χ4n) is 3.64. The minimum absolute atomic E-state index is 0.0200. The first-order chi connectivity index (χ1) is 14.9. The Labute approximate surface area is 188 Å². The number of carbonyl (C=O) groups excluding carboxylic acids is 1. The summed E-state index contributed by atoms with van der Waals surface area (Å²) >= 11 is 7.62. The van der Waals surface area contributed by atoms with E-state index in [1.807, 2.05) is 0 Å². The van der Waals surface area contributed by atoms with Crippen LogP contribution in [0.5, 0.6) is 0 Å². The van der Waals surface area contributed by atoms with Crippen LogP contribution in [-0.2, 0) is 0 Å². The third-order valence-corrected chi connectivity index (χ3v) is 6.68. The zero-order valence-electron chi connectivity index (χ0n) is 17.0. The highest BCUT2D eigenvalue weighted by molar-refractivity contribution is 7.22. The fraction of sp³-hybridized carbons (Fsp3) is 0.333. The number of amides is 1. The normalized spacial score (nSPS) is 14.7. The molecule has 1 aliphatic rings. The molecule has 3 aromatic rings. The zero-order valence-corrected chi connectivity index (χ0v) is 18.6. The van der Waals surface area contributed by atoms with Crippen LogP contribution in [0.15, 0.2) is 36.4 Å². The number of benzene rings is 2. The molecule has 0 unspecified atom stereocenters. The van der Waals surface area contributed by atoms with Crippen LogP contribution in [0, 0.1) is 17.0 Å². The van der Waals surface area contributed by atoms with Gasteiger partial charge in [-0.1, -0.05) is 35.1 Å². The van der Waals surface area contributed by atoms with Crippen molar-refractivity contribution < 1.29 is 9.72 Å². The van der Waals surface area contributed by atoms with Crippen molar-refractivity contribution in [3.05, 3.63) is 62.7 Å². The van der Waals surface area contributed by atoms with Crippen LogP contribution < -0.4 is 10.2 Å². The maximum absolute atomic E-state index is 12.4.